The van der Waals surface area contributed by atoms with Crippen LogP contribution in [0.3, 0.4) is 0 Å². The minimum absolute atomic E-state index is 0.156. The summed E-state index contributed by atoms with van der Waals surface area (Å²) in [6.07, 6.45) is 8.79. The number of ether oxygens (including phenoxy) is 1. The van der Waals surface area contributed by atoms with Crippen molar-refractivity contribution in [1.29, 1.82) is 0 Å². The third-order valence-corrected chi connectivity index (χ3v) is 5.42. The first-order chi connectivity index (χ1) is 9.65. The largest absolute Gasteiger partial charge is 0.465 e. The summed E-state index contributed by atoms with van der Waals surface area (Å²) in [6.45, 7) is 4.42. The van der Waals surface area contributed by atoms with Crippen molar-refractivity contribution in [2.75, 3.05) is 6.61 Å². The summed E-state index contributed by atoms with van der Waals surface area (Å²) in [7, 11) is 0. The van der Waals surface area contributed by atoms with E-state index < -0.39 is 5.41 Å². The zero-order chi connectivity index (χ0) is 14.6. The minimum atomic E-state index is -0.803. The van der Waals surface area contributed by atoms with E-state index in [0.717, 1.165) is 38.5 Å². The summed E-state index contributed by atoms with van der Waals surface area (Å²) in [4.78, 5) is 25.2. The molecule has 0 amide bonds. The highest BCUT2D eigenvalue weighted by molar-refractivity contribution is 6.04. The molecule has 114 valence electrons. The Morgan fingerprint density at radius 3 is 2.70 bits per heavy atom. The van der Waals surface area contributed by atoms with Gasteiger partial charge >= 0.3 is 5.97 Å². The zero-order valence-corrected chi connectivity index (χ0v) is 13.0. The molecular weight excluding hydrogens is 252 g/mol. The molecule has 0 heterocycles. The van der Waals surface area contributed by atoms with E-state index in [9.17, 15) is 9.59 Å². The molecule has 0 aromatic rings. The van der Waals surface area contributed by atoms with Gasteiger partial charge in [0.05, 0.1) is 6.61 Å². The molecule has 0 bridgehead atoms. The number of carbonyl (C=O) groups excluding carboxylic acids is 2. The maximum atomic E-state index is 12.6. The molecule has 20 heavy (non-hydrogen) atoms. The highest BCUT2D eigenvalue weighted by Crippen LogP contribution is 2.48. The first-order valence-corrected chi connectivity index (χ1v) is 8.35. The smallest absolute Gasteiger partial charge is 0.319 e. The predicted octanol–water partition coefficient (Wildman–Crippen LogP) is 3.90. The molecule has 2 aliphatic carbocycles. The van der Waals surface area contributed by atoms with Crippen molar-refractivity contribution in [2.45, 2.75) is 71.6 Å². The van der Waals surface area contributed by atoms with E-state index in [0.29, 0.717) is 25.4 Å². The highest BCUT2D eigenvalue weighted by Gasteiger charge is 2.53. The molecule has 3 heteroatoms. The van der Waals surface area contributed by atoms with Gasteiger partial charge in [-0.25, -0.2) is 0 Å². The topological polar surface area (TPSA) is 43.4 Å². The molecule has 3 nitrogen and oxygen atoms in total. The Hall–Kier alpha value is -0.860. The second kappa shape index (κ2) is 6.73. The van der Waals surface area contributed by atoms with Gasteiger partial charge in [0.15, 0.2) is 0 Å². The van der Waals surface area contributed by atoms with Gasteiger partial charge in [0.1, 0.15) is 11.2 Å². The fourth-order valence-corrected chi connectivity index (χ4v) is 4.24. The van der Waals surface area contributed by atoms with Crippen LogP contribution in [0.4, 0.5) is 0 Å². The van der Waals surface area contributed by atoms with Crippen molar-refractivity contribution >= 4 is 11.8 Å². The average Bonchev–Trinajstić information content (AvgIpc) is 2.48. The summed E-state index contributed by atoms with van der Waals surface area (Å²) >= 11 is 0. The van der Waals surface area contributed by atoms with Crippen LogP contribution in [0, 0.1) is 17.3 Å². The molecule has 0 saturated heterocycles. The average molecular weight is 280 g/mol. The van der Waals surface area contributed by atoms with Gasteiger partial charge in [-0.2, -0.15) is 0 Å². The van der Waals surface area contributed by atoms with Crippen molar-refractivity contribution in [3.8, 4) is 0 Å². The maximum Gasteiger partial charge on any atom is 0.319 e. The quantitative estimate of drug-likeness (QED) is 0.579. The van der Waals surface area contributed by atoms with Crippen molar-refractivity contribution < 1.29 is 14.3 Å². The van der Waals surface area contributed by atoms with Gasteiger partial charge in [0, 0.05) is 6.42 Å². The van der Waals surface area contributed by atoms with Crippen molar-refractivity contribution in [2.24, 2.45) is 17.3 Å². The van der Waals surface area contributed by atoms with Crippen LogP contribution < -0.4 is 0 Å². The Morgan fingerprint density at radius 2 is 2.05 bits per heavy atom. The molecule has 3 unspecified atom stereocenters. The number of ketones is 1. The number of hydrogen-bond donors (Lipinski definition) is 0. The molecule has 0 radical (unpaired) electrons. The Labute approximate surface area is 122 Å². The van der Waals surface area contributed by atoms with E-state index in [1.54, 1.807) is 0 Å². The van der Waals surface area contributed by atoms with Gasteiger partial charge in [0.2, 0.25) is 0 Å². The maximum absolute atomic E-state index is 12.6. The first kappa shape index (κ1) is 15.5. The third kappa shape index (κ3) is 2.77. The van der Waals surface area contributed by atoms with E-state index in [1.165, 1.54) is 6.42 Å². The predicted molar refractivity (Wildman–Crippen MR) is 78.3 cm³/mol. The lowest BCUT2D eigenvalue weighted by molar-refractivity contribution is -0.168. The fraction of sp³-hybridized carbons (Fsp3) is 0.882. The van der Waals surface area contributed by atoms with E-state index >= 15 is 0 Å². The molecule has 2 aliphatic rings. The molecule has 0 aliphatic heterocycles. The van der Waals surface area contributed by atoms with Crippen LogP contribution in [0.1, 0.15) is 71.6 Å². The van der Waals surface area contributed by atoms with Crippen LogP contribution in [0.25, 0.3) is 0 Å². The van der Waals surface area contributed by atoms with Crippen molar-refractivity contribution in [3.63, 3.8) is 0 Å². The summed E-state index contributed by atoms with van der Waals surface area (Å²) in [5.74, 6) is 0.818. The van der Waals surface area contributed by atoms with Crippen molar-refractivity contribution in [3.05, 3.63) is 0 Å². The Balaban J connectivity index is 2.25. The summed E-state index contributed by atoms with van der Waals surface area (Å²) < 4.78 is 5.32. The lowest BCUT2D eigenvalue weighted by Crippen LogP contribution is -2.49. The molecule has 0 aromatic heterocycles. The van der Waals surface area contributed by atoms with Gasteiger partial charge in [-0.15, -0.1) is 0 Å². The van der Waals surface area contributed by atoms with Crippen LogP contribution in [-0.2, 0) is 14.3 Å². The summed E-state index contributed by atoms with van der Waals surface area (Å²) in [5.41, 5.74) is -0.803. The Kier molecular flexibility index (Phi) is 5.22. The van der Waals surface area contributed by atoms with E-state index in [4.69, 9.17) is 4.74 Å². The first-order valence-electron chi connectivity index (χ1n) is 8.35. The van der Waals surface area contributed by atoms with Gasteiger partial charge in [0.25, 0.3) is 0 Å². The molecule has 0 aromatic carbocycles. The SMILES string of the molecule is CCOC(=O)C1(C2CCCC(CC)C2)CCCCC1=O. The van der Waals surface area contributed by atoms with Gasteiger partial charge < -0.3 is 4.74 Å². The fourth-order valence-electron chi connectivity index (χ4n) is 4.24. The van der Waals surface area contributed by atoms with Crippen LogP contribution in [0.5, 0.6) is 0 Å². The number of hydrogen-bond acceptors (Lipinski definition) is 3. The molecule has 2 rings (SSSR count). The molecular formula is C17H28O3. The molecule has 0 spiro atoms. The monoisotopic (exact) mass is 280 g/mol. The minimum Gasteiger partial charge on any atom is -0.465 e. The van der Waals surface area contributed by atoms with Crippen LogP contribution in [-0.4, -0.2) is 18.4 Å². The Bertz CT molecular complexity index is 363. The van der Waals surface area contributed by atoms with Crippen LogP contribution in [0.2, 0.25) is 0 Å². The van der Waals surface area contributed by atoms with Gasteiger partial charge in [-0.1, -0.05) is 32.6 Å². The second-order valence-corrected chi connectivity index (χ2v) is 6.46. The van der Waals surface area contributed by atoms with Crippen LogP contribution >= 0.6 is 0 Å². The highest BCUT2D eigenvalue weighted by atomic mass is 16.5. The molecule has 0 N–H and O–H groups in total. The third-order valence-electron chi connectivity index (χ3n) is 5.42. The lowest BCUT2D eigenvalue weighted by Gasteiger charge is -2.43. The van der Waals surface area contributed by atoms with Crippen LogP contribution in [0.15, 0.2) is 0 Å². The summed E-state index contributed by atoms with van der Waals surface area (Å²) in [6, 6.07) is 0. The molecule has 2 fully saturated rings. The molecule has 3 atom stereocenters. The number of rotatable bonds is 4. The van der Waals surface area contributed by atoms with Gasteiger partial charge in [-0.05, 0) is 44.4 Å². The van der Waals surface area contributed by atoms with E-state index in [2.05, 4.69) is 6.92 Å². The Morgan fingerprint density at radius 1 is 1.25 bits per heavy atom. The number of carbonyl (C=O) groups is 2. The standard InChI is InChI=1S/C17H28O3/c1-3-13-8-7-9-14(12-13)17(16(19)20-4-2)11-6-5-10-15(17)18/h13-14H,3-12H2,1-2H3. The number of Topliss-reactive ketones (excluding diaryl/α,β-unsaturated/α-hetero) is 1. The van der Waals surface area contributed by atoms with Crippen molar-refractivity contribution in [1.82, 2.24) is 0 Å². The second-order valence-electron chi connectivity index (χ2n) is 6.46. The van der Waals surface area contributed by atoms with E-state index in [1.807, 2.05) is 6.92 Å². The normalized spacial score (nSPS) is 34.8. The van der Waals surface area contributed by atoms with Gasteiger partial charge in [-0.3, -0.25) is 9.59 Å². The number of esters is 1. The molecule has 2 saturated carbocycles. The zero-order valence-electron chi connectivity index (χ0n) is 13.0. The van der Waals surface area contributed by atoms with E-state index in [-0.39, 0.29) is 17.7 Å². The summed E-state index contributed by atoms with van der Waals surface area (Å²) in [5, 5.41) is 0. The lowest BCUT2D eigenvalue weighted by atomic mass is 9.59.